The quantitative estimate of drug-likeness (QED) is 0.871. The maximum absolute atomic E-state index is 12.5. The number of thioether (sulfide) groups is 1. The van der Waals surface area contributed by atoms with E-state index in [1.165, 1.54) is 23.5 Å². The van der Waals surface area contributed by atoms with E-state index < -0.39 is 5.60 Å². The molecule has 0 spiro atoms. The van der Waals surface area contributed by atoms with Crippen LogP contribution in [0.2, 0.25) is 0 Å². The second-order valence-electron chi connectivity index (χ2n) is 7.69. The van der Waals surface area contributed by atoms with Gasteiger partial charge in [0.2, 0.25) is 0 Å². The summed E-state index contributed by atoms with van der Waals surface area (Å²) in [4.78, 5) is 14.3. The molecule has 3 rings (SSSR count). The van der Waals surface area contributed by atoms with Crippen molar-refractivity contribution in [3.05, 3.63) is 23.8 Å². The fourth-order valence-electron chi connectivity index (χ4n) is 3.20. The molecule has 1 fully saturated rings. The molecule has 1 saturated heterocycles. The predicted molar refractivity (Wildman–Crippen MR) is 102 cm³/mol. The van der Waals surface area contributed by atoms with Gasteiger partial charge in [-0.15, -0.1) is 0 Å². The highest BCUT2D eigenvalue weighted by molar-refractivity contribution is 7.99. The fraction of sp³-hybridized carbons (Fsp3) is 0.632. The van der Waals surface area contributed by atoms with Gasteiger partial charge in [0.15, 0.2) is 0 Å². The molecule has 132 valence electrons. The van der Waals surface area contributed by atoms with E-state index in [4.69, 9.17) is 4.74 Å². The molecule has 1 atom stereocenters. The van der Waals surface area contributed by atoms with Gasteiger partial charge in [0.05, 0.1) is 5.69 Å². The standard InChI is InChI=1S/C19H28N2O2S/c1-19(2,3)23-18(22)21-9-4-5-15-6-7-16(11-17(15)21)20-12-14-8-10-24-13-14/h6-7,11,14,20H,4-5,8-10,12-13H2,1-3H3. The molecule has 1 aromatic carbocycles. The summed E-state index contributed by atoms with van der Waals surface area (Å²) in [5, 5.41) is 3.55. The average Bonchev–Trinajstić information content (AvgIpc) is 3.04. The zero-order valence-electron chi connectivity index (χ0n) is 14.9. The summed E-state index contributed by atoms with van der Waals surface area (Å²) < 4.78 is 5.58. The maximum Gasteiger partial charge on any atom is 0.414 e. The highest BCUT2D eigenvalue weighted by atomic mass is 32.2. The van der Waals surface area contributed by atoms with Crippen molar-refractivity contribution in [2.75, 3.05) is 34.8 Å². The Morgan fingerprint density at radius 3 is 2.96 bits per heavy atom. The molecule has 2 heterocycles. The topological polar surface area (TPSA) is 41.6 Å². The Hall–Kier alpha value is -1.36. The number of nitrogens with zero attached hydrogens (tertiary/aromatic N) is 1. The van der Waals surface area contributed by atoms with E-state index in [1.54, 1.807) is 4.90 Å². The number of carbonyl (C=O) groups is 1. The van der Waals surface area contributed by atoms with E-state index in [0.717, 1.165) is 43.2 Å². The van der Waals surface area contributed by atoms with E-state index in [1.807, 2.05) is 32.5 Å². The second-order valence-corrected chi connectivity index (χ2v) is 8.84. The van der Waals surface area contributed by atoms with E-state index in [9.17, 15) is 4.79 Å². The average molecular weight is 349 g/mol. The first-order chi connectivity index (χ1) is 11.4. The van der Waals surface area contributed by atoms with Crippen LogP contribution in [0.5, 0.6) is 0 Å². The van der Waals surface area contributed by atoms with Crippen molar-refractivity contribution in [1.82, 2.24) is 0 Å². The molecule has 1 N–H and O–H groups in total. The van der Waals surface area contributed by atoms with Crippen molar-refractivity contribution in [2.45, 2.75) is 45.6 Å². The van der Waals surface area contributed by atoms with E-state index in [0.29, 0.717) is 0 Å². The molecule has 0 aromatic heterocycles. The number of hydrogen-bond acceptors (Lipinski definition) is 4. The van der Waals surface area contributed by atoms with Crippen LogP contribution in [0.3, 0.4) is 0 Å². The number of ether oxygens (including phenoxy) is 1. The van der Waals surface area contributed by atoms with Crippen molar-refractivity contribution in [2.24, 2.45) is 5.92 Å². The van der Waals surface area contributed by atoms with Gasteiger partial charge >= 0.3 is 6.09 Å². The third-order valence-electron chi connectivity index (χ3n) is 4.44. The normalized spacial score (nSPS) is 20.6. The summed E-state index contributed by atoms with van der Waals surface area (Å²) in [6.07, 6.45) is 3.06. The lowest BCUT2D eigenvalue weighted by molar-refractivity contribution is 0.0578. The summed E-state index contributed by atoms with van der Waals surface area (Å²) >= 11 is 2.04. The Morgan fingerprint density at radius 1 is 1.42 bits per heavy atom. The molecule has 24 heavy (non-hydrogen) atoms. The maximum atomic E-state index is 12.5. The van der Waals surface area contributed by atoms with Gasteiger partial charge in [-0.25, -0.2) is 4.79 Å². The van der Waals surface area contributed by atoms with Crippen LogP contribution in [0.4, 0.5) is 16.2 Å². The van der Waals surface area contributed by atoms with Gasteiger partial charge in [-0.2, -0.15) is 11.8 Å². The minimum Gasteiger partial charge on any atom is -0.443 e. The fourth-order valence-corrected chi connectivity index (χ4v) is 4.48. The number of fused-ring (bicyclic) bond motifs is 1. The van der Waals surface area contributed by atoms with Gasteiger partial charge < -0.3 is 10.1 Å². The molecular weight excluding hydrogens is 320 g/mol. The van der Waals surface area contributed by atoms with Crippen LogP contribution < -0.4 is 10.2 Å². The number of hydrogen-bond donors (Lipinski definition) is 1. The Morgan fingerprint density at radius 2 is 2.25 bits per heavy atom. The van der Waals surface area contributed by atoms with E-state index >= 15 is 0 Å². The highest BCUT2D eigenvalue weighted by Gasteiger charge is 2.27. The highest BCUT2D eigenvalue weighted by Crippen LogP contribution is 2.32. The molecule has 0 aliphatic carbocycles. The van der Waals surface area contributed by atoms with Crippen LogP contribution in [0.1, 0.15) is 39.2 Å². The Kier molecular flexibility index (Phi) is 5.28. The zero-order chi connectivity index (χ0) is 17.2. The molecule has 1 amide bonds. The minimum absolute atomic E-state index is 0.243. The Bertz CT molecular complexity index is 592. The van der Waals surface area contributed by atoms with Crippen molar-refractivity contribution in [1.29, 1.82) is 0 Å². The molecule has 2 aliphatic rings. The van der Waals surface area contributed by atoms with Crippen LogP contribution in [0.25, 0.3) is 0 Å². The number of rotatable bonds is 3. The SMILES string of the molecule is CC(C)(C)OC(=O)N1CCCc2ccc(NCC3CCSC3)cc21. The number of nitrogens with one attached hydrogen (secondary N) is 1. The van der Waals surface area contributed by atoms with E-state index in [2.05, 4.69) is 23.5 Å². The van der Waals surface area contributed by atoms with Crippen LogP contribution in [0.15, 0.2) is 18.2 Å². The van der Waals surface area contributed by atoms with Gasteiger partial charge in [-0.3, -0.25) is 4.90 Å². The van der Waals surface area contributed by atoms with Gasteiger partial charge in [0, 0.05) is 18.8 Å². The van der Waals surface area contributed by atoms with Crippen LogP contribution in [-0.4, -0.2) is 36.3 Å². The molecular formula is C19H28N2O2S. The smallest absolute Gasteiger partial charge is 0.414 e. The molecule has 0 radical (unpaired) electrons. The predicted octanol–water partition coefficient (Wildman–Crippen LogP) is 4.54. The minimum atomic E-state index is -0.468. The molecule has 0 bridgehead atoms. The third-order valence-corrected chi connectivity index (χ3v) is 5.67. The van der Waals surface area contributed by atoms with Gasteiger partial charge in [-0.1, -0.05) is 6.07 Å². The number of anilines is 2. The molecule has 1 aromatic rings. The monoisotopic (exact) mass is 348 g/mol. The third kappa shape index (κ3) is 4.38. The molecule has 0 saturated carbocycles. The van der Waals surface area contributed by atoms with Crippen molar-refractivity contribution in [3.8, 4) is 0 Å². The zero-order valence-corrected chi connectivity index (χ0v) is 15.7. The van der Waals surface area contributed by atoms with Gasteiger partial charge in [0.25, 0.3) is 0 Å². The second kappa shape index (κ2) is 7.26. The molecule has 2 aliphatic heterocycles. The Labute approximate surface area is 149 Å². The molecule has 1 unspecified atom stereocenters. The first-order valence-corrected chi connectivity index (χ1v) is 10.0. The summed E-state index contributed by atoms with van der Waals surface area (Å²) in [6.45, 7) is 7.47. The lowest BCUT2D eigenvalue weighted by atomic mass is 10.0. The lowest BCUT2D eigenvalue weighted by Gasteiger charge is -2.32. The number of carbonyl (C=O) groups excluding carboxylic acids is 1. The van der Waals surface area contributed by atoms with Gasteiger partial charge in [-0.05, 0) is 75.2 Å². The van der Waals surface area contributed by atoms with Crippen molar-refractivity contribution < 1.29 is 9.53 Å². The first kappa shape index (κ1) is 17.5. The molecule has 4 nitrogen and oxygen atoms in total. The number of amides is 1. The summed E-state index contributed by atoms with van der Waals surface area (Å²) in [6, 6.07) is 6.40. The van der Waals surface area contributed by atoms with Crippen LogP contribution in [-0.2, 0) is 11.2 Å². The van der Waals surface area contributed by atoms with Crippen molar-refractivity contribution >= 4 is 29.2 Å². The first-order valence-electron chi connectivity index (χ1n) is 8.87. The molecule has 5 heteroatoms. The van der Waals surface area contributed by atoms with Crippen molar-refractivity contribution in [3.63, 3.8) is 0 Å². The summed E-state index contributed by atoms with van der Waals surface area (Å²) in [5.41, 5.74) is 2.86. The van der Waals surface area contributed by atoms with Crippen LogP contribution in [0, 0.1) is 5.92 Å². The number of benzene rings is 1. The van der Waals surface area contributed by atoms with Gasteiger partial charge in [0.1, 0.15) is 5.60 Å². The lowest BCUT2D eigenvalue weighted by Crippen LogP contribution is -2.39. The Balaban J connectivity index is 1.72. The van der Waals surface area contributed by atoms with E-state index in [-0.39, 0.29) is 6.09 Å². The number of aryl methyl sites for hydroxylation is 1. The summed E-state index contributed by atoms with van der Waals surface area (Å²) in [7, 11) is 0. The van der Waals surface area contributed by atoms with Crippen LogP contribution >= 0.6 is 11.8 Å². The summed E-state index contributed by atoms with van der Waals surface area (Å²) in [5.74, 6) is 3.29. The largest absolute Gasteiger partial charge is 0.443 e.